The van der Waals surface area contributed by atoms with Crippen LogP contribution < -0.4 is 17.0 Å². The van der Waals surface area contributed by atoms with Crippen LogP contribution in [0.5, 0.6) is 0 Å². The average Bonchev–Trinajstić information content (AvgIpc) is 2.42. The van der Waals surface area contributed by atoms with E-state index in [9.17, 15) is 0 Å². The Morgan fingerprint density at radius 3 is 2.58 bits per heavy atom. The van der Waals surface area contributed by atoms with Crippen molar-refractivity contribution in [1.29, 1.82) is 0 Å². The summed E-state index contributed by atoms with van der Waals surface area (Å²) in [6.07, 6.45) is 2.13. The topological polar surface area (TPSA) is 64.1 Å². The van der Waals surface area contributed by atoms with Crippen LogP contribution in [0.1, 0.15) is 35.1 Å². The third-order valence-electron chi connectivity index (χ3n) is 4.05. The summed E-state index contributed by atoms with van der Waals surface area (Å²) in [6.45, 7) is 0. The van der Waals surface area contributed by atoms with Gasteiger partial charge in [-0.1, -0.05) is 42.5 Å². The number of nitrogens with one attached hydrogen (secondary N) is 1. The van der Waals surface area contributed by atoms with Crippen LogP contribution in [0.3, 0.4) is 0 Å². The van der Waals surface area contributed by atoms with Crippen LogP contribution in [0, 0.1) is 0 Å². The second-order valence-corrected chi connectivity index (χ2v) is 5.18. The number of hydrogen-bond acceptors (Lipinski definition) is 3. The molecule has 2 atom stereocenters. The molecule has 0 heterocycles. The predicted octanol–water partition coefficient (Wildman–Crippen LogP) is 2.50. The fourth-order valence-corrected chi connectivity index (χ4v) is 2.97. The second kappa shape index (κ2) is 5.03. The Hall–Kier alpha value is -1.84. The Kier molecular flexibility index (Phi) is 3.23. The highest BCUT2D eigenvalue weighted by atomic mass is 15.2. The molecule has 0 saturated carbocycles. The molecule has 2 aromatic carbocycles. The number of para-hydroxylation sites is 1. The van der Waals surface area contributed by atoms with Gasteiger partial charge in [-0.2, -0.15) is 0 Å². The maximum Gasteiger partial charge on any atom is 0.0486 e. The second-order valence-electron chi connectivity index (χ2n) is 5.18. The van der Waals surface area contributed by atoms with Crippen LogP contribution in [0.25, 0.3) is 0 Å². The van der Waals surface area contributed by atoms with Crippen molar-refractivity contribution < 1.29 is 0 Å². The molecule has 2 unspecified atom stereocenters. The average molecular weight is 253 g/mol. The number of anilines is 1. The number of fused-ring (bicyclic) bond motifs is 1. The molecule has 5 N–H and O–H groups in total. The molecule has 1 aliphatic carbocycles. The van der Waals surface area contributed by atoms with Gasteiger partial charge in [-0.25, -0.2) is 0 Å². The van der Waals surface area contributed by atoms with Crippen molar-refractivity contribution in [3.8, 4) is 0 Å². The Morgan fingerprint density at radius 2 is 1.84 bits per heavy atom. The Bertz CT molecular complexity index is 580. The Balaban J connectivity index is 1.78. The van der Waals surface area contributed by atoms with Gasteiger partial charge in [0.2, 0.25) is 0 Å². The van der Waals surface area contributed by atoms with Gasteiger partial charge in [0.05, 0.1) is 0 Å². The van der Waals surface area contributed by atoms with Gasteiger partial charge in [-0.15, -0.1) is 0 Å². The summed E-state index contributed by atoms with van der Waals surface area (Å²) in [5.41, 5.74) is 13.8. The van der Waals surface area contributed by atoms with Crippen LogP contribution >= 0.6 is 0 Å². The molecule has 0 aromatic heterocycles. The molecule has 0 amide bonds. The minimum absolute atomic E-state index is 0.111. The van der Waals surface area contributed by atoms with Gasteiger partial charge < -0.3 is 5.73 Å². The van der Waals surface area contributed by atoms with Crippen LogP contribution in [0.2, 0.25) is 0 Å². The van der Waals surface area contributed by atoms with Crippen molar-refractivity contribution in [2.75, 3.05) is 5.73 Å². The molecular formula is C16H19N3. The first-order valence-electron chi connectivity index (χ1n) is 6.68. The molecule has 0 fully saturated rings. The summed E-state index contributed by atoms with van der Waals surface area (Å²) < 4.78 is 0. The van der Waals surface area contributed by atoms with Crippen LogP contribution in [0.15, 0.2) is 48.5 Å². The molecule has 0 saturated heterocycles. The highest BCUT2D eigenvalue weighted by Crippen LogP contribution is 2.41. The van der Waals surface area contributed by atoms with Crippen LogP contribution in [0.4, 0.5) is 5.69 Å². The van der Waals surface area contributed by atoms with E-state index in [2.05, 4.69) is 29.7 Å². The van der Waals surface area contributed by atoms with Gasteiger partial charge in [0, 0.05) is 11.7 Å². The molecule has 0 spiro atoms. The number of rotatable bonds is 4. The molecule has 19 heavy (non-hydrogen) atoms. The number of hydrogen-bond donors (Lipinski definition) is 3. The SMILES string of the molecule is NNC(CC1Cc2ccccc21)c1ccccc1N. The van der Waals surface area contributed by atoms with Crippen molar-refractivity contribution in [3.05, 3.63) is 65.2 Å². The van der Waals surface area contributed by atoms with Crippen LogP contribution in [-0.2, 0) is 6.42 Å². The van der Waals surface area contributed by atoms with Gasteiger partial charge in [-0.3, -0.25) is 11.3 Å². The van der Waals surface area contributed by atoms with Gasteiger partial charge in [0.25, 0.3) is 0 Å². The van der Waals surface area contributed by atoms with E-state index in [0.29, 0.717) is 5.92 Å². The number of hydrazine groups is 1. The lowest BCUT2D eigenvalue weighted by atomic mass is 9.74. The standard InChI is InChI=1S/C16H19N3/c17-15-8-4-3-7-14(15)16(19-18)10-12-9-11-5-1-2-6-13(11)12/h1-8,12,16,19H,9-10,17-18H2. The van der Waals surface area contributed by atoms with E-state index in [1.165, 1.54) is 11.1 Å². The summed E-state index contributed by atoms with van der Waals surface area (Å²) in [4.78, 5) is 0. The highest BCUT2D eigenvalue weighted by molar-refractivity contribution is 5.49. The lowest BCUT2D eigenvalue weighted by Gasteiger charge is -2.33. The molecule has 3 rings (SSSR count). The maximum atomic E-state index is 6.03. The first-order valence-corrected chi connectivity index (χ1v) is 6.68. The minimum atomic E-state index is 0.111. The highest BCUT2D eigenvalue weighted by Gasteiger charge is 2.28. The van der Waals surface area contributed by atoms with E-state index in [4.69, 9.17) is 11.6 Å². The van der Waals surface area contributed by atoms with E-state index in [0.717, 1.165) is 24.1 Å². The Morgan fingerprint density at radius 1 is 1.11 bits per heavy atom. The van der Waals surface area contributed by atoms with Crippen molar-refractivity contribution in [3.63, 3.8) is 0 Å². The molecule has 2 aromatic rings. The first kappa shape index (κ1) is 12.2. The van der Waals surface area contributed by atoms with Crippen molar-refractivity contribution in [1.82, 2.24) is 5.43 Å². The number of benzene rings is 2. The molecule has 3 heteroatoms. The fraction of sp³-hybridized carbons (Fsp3) is 0.250. The lowest BCUT2D eigenvalue weighted by molar-refractivity contribution is 0.436. The molecular weight excluding hydrogens is 234 g/mol. The van der Waals surface area contributed by atoms with Gasteiger partial charge in [-0.05, 0) is 41.5 Å². The van der Waals surface area contributed by atoms with E-state index in [-0.39, 0.29) is 6.04 Å². The first-order chi connectivity index (χ1) is 9.29. The summed E-state index contributed by atoms with van der Waals surface area (Å²) in [5.74, 6) is 6.30. The third kappa shape index (κ3) is 2.23. The lowest BCUT2D eigenvalue weighted by Crippen LogP contribution is -2.32. The van der Waals surface area contributed by atoms with Gasteiger partial charge in [0.15, 0.2) is 0 Å². The third-order valence-corrected chi connectivity index (χ3v) is 4.05. The van der Waals surface area contributed by atoms with Gasteiger partial charge >= 0.3 is 0 Å². The zero-order chi connectivity index (χ0) is 13.2. The van der Waals surface area contributed by atoms with E-state index < -0.39 is 0 Å². The summed E-state index contributed by atoms with van der Waals surface area (Å²) in [7, 11) is 0. The Labute approximate surface area is 113 Å². The molecule has 98 valence electrons. The fourth-order valence-electron chi connectivity index (χ4n) is 2.97. The molecule has 1 aliphatic rings. The van der Waals surface area contributed by atoms with Crippen molar-refractivity contribution in [2.24, 2.45) is 5.84 Å². The molecule has 3 nitrogen and oxygen atoms in total. The van der Waals surface area contributed by atoms with Crippen molar-refractivity contribution >= 4 is 5.69 Å². The largest absolute Gasteiger partial charge is 0.398 e. The molecule has 0 aliphatic heterocycles. The van der Waals surface area contributed by atoms with E-state index >= 15 is 0 Å². The zero-order valence-electron chi connectivity index (χ0n) is 10.8. The zero-order valence-corrected chi connectivity index (χ0v) is 10.8. The summed E-state index contributed by atoms with van der Waals surface area (Å²) in [6, 6.07) is 16.7. The summed E-state index contributed by atoms with van der Waals surface area (Å²) in [5, 5.41) is 0. The molecule has 0 radical (unpaired) electrons. The smallest absolute Gasteiger partial charge is 0.0486 e. The van der Waals surface area contributed by atoms with Gasteiger partial charge in [0.1, 0.15) is 0 Å². The van der Waals surface area contributed by atoms with E-state index in [1.54, 1.807) is 0 Å². The minimum Gasteiger partial charge on any atom is -0.398 e. The maximum absolute atomic E-state index is 6.03. The van der Waals surface area contributed by atoms with Crippen molar-refractivity contribution in [2.45, 2.75) is 24.8 Å². The van der Waals surface area contributed by atoms with Crippen LogP contribution in [-0.4, -0.2) is 0 Å². The monoisotopic (exact) mass is 253 g/mol. The normalized spacial score (nSPS) is 18.5. The quantitative estimate of drug-likeness (QED) is 0.445. The number of nitrogen functional groups attached to an aromatic ring is 1. The van der Waals surface area contributed by atoms with E-state index in [1.807, 2.05) is 24.3 Å². The molecule has 0 bridgehead atoms. The summed E-state index contributed by atoms with van der Waals surface area (Å²) >= 11 is 0. The number of nitrogens with two attached hydrogens (primary N) is 2. The predicted molar refractivity (Wildman–Crippen MR) is 78.4 cm³/mol.